The number of amides is 2. The number of aryl methyl sites for hydroxylation is 2. The fourth-order valence-electron chi connectivity index (χ4n) is 2.86. The molecule has 1 unspecified atom stereocenters. The smallest absolute Gasteiger partial charge is 0.263 e. The molecule has 1 fully saturated rings. The van der Waals surface area contributed by atoms with Gasteiger partial charge in [-0.3, -0.25) is 9.59 Å². The summed E-state index contributed by atoms with van der Waals surface area (Å²) in [6.45, 7) is 9.49. The van der Waals surface area contributed by atoms with Crippen LogP contribution in [0, 0.1) is 13.8 Å². The van der Waals surface area contributed by atoms with E-state index in [0.717, 1.165) is 16.9 Å². The second kappa shape index (κ2) is 7.66. The first-order valence-electron chi connectivity index (χ1n) is 8.36. The van der Waals surface area contributed by atoms with E-state index in [1.807, 2.05) is 32.0 Å². The molecule has 1 aromatic rings. The van der Waals surface area contributed by atoms with Crippen LogP contribution in [0.5, 0.6) is 5.75 Å². The fourth-order valence-corrected chi connectivity index (χ4v) is 2.86. The summed E-state index contributed by atoms with van der Waals surface area (Å²) in [5.74, 6) is 0.608. The third kappa shape index (κ3) is 4.26. The van der Waals surface area contributed by atoms with E-state index in [1.54, 1.807) is 23.6 Å². The number of rotatable bonds is 4. The number of nitrogens with zero attached hydrogens (tertiary/aromatic N) is 2. The summed E-state index contributed by atoms with van der Waals surface area (Å²) in [7, 11) is 0. The van der Waals surface area contributed by atoms with Crippen molar-refractivity contribution in [2.75, 3.05) is 26.2 Å². The van der Waals surface area contributed by atoms with Gasteiger partial charge >= 0.3 is 0 Å². The highest BCUT2D eigenvalue weighted by Crippen LogP contribution is 2.20. The van der Waals surface area contributed by atoms with Crippen molar-refractivity contribution in [3.05, 3.63) is 29.3 Å². The second-order valence-corrected chi connectivity index (χ2v) is 6.47. The van der Waals surface area contributed by atoms with E-state index in [1.165, 1.54) is 0 Å². The van der Waals surface area contributed by atoms with E-state index in [-0.39, 0.29) is 11.8 Å². The summed E-state index contributed by atoms with van der Waals surface area (Å²) in [5.41, 5.74) is 7.80. The van der Waals surface area contributed by atoms with Crippen LogP contribution in [0.4, 0.5) is 0 Å². The summed E-state index contributed by atoms with van der Waals surface area (Å²) in [6.07, 6.45) is -0.554. The molecule has 0 aliphatic carbocycles. The Kier molecular flexibility index (Phi) is 5.83. The van der Waals surface area contributed by atoms with Crippen LogP contribution in [0.15, 0.2) is 18.2 Å². The highest BCUT2D eigenvalue weighted by Gasteiger charge is 2.28. The number of hydrogen-bond acceptors (Lipinski definition) is 4. The normalized spacial score (nSPS) is 17.4. The lowest BCUT2D eigenvalue weighted by atomic mass is 10.1. The van der Waals surface area contributed by atoms with Crippen LogP contribution in [-0.2, 0) is 9.59 Å². The van der Waals surface area contributed by atoms with Crippen molar-refractivity contribution >= 4 is 11.8 Å². The number of carbonyl (C=O) groups is 2. The molecule has 2 N–H and O–H groups in total. The zero-order valence-corrected chi connectivity index (χ0v) is 14.9. The van der Waals surface area contributed by atoms with E-state index < -0.39 is 12.1 Å². The molecular formula is C18H27N3O3. The van der Waals surface area contributed by atoms with Crippen LogP contribution in [0.2, 0.25) is 0 Å². The molecule has 2 rings (SSSR count). The van der Waals surface area contributed by atoms with Crippen LogP contribution < -0.4 is 10.5 Å². The molecule has 1 heterocycles. The van der Waals surface area contributed by atoms with Crippen molar-refractivity contribution in [1.82, 2.24) is 9.80 Å². The van der Waals surface area contributed by atoms with Gasteiger partial charge in [-0.05, 0) is 39.3 Å². The molecule has 0 aromatic heterocycles. The van der Waals surface area contributed by atoms with Crippen molar-refractivity contribution in [2.24, 2.45) is 5.73 Å². The van der Waals surface area contributed by atoms with Crippen molar-refractivity contribution in [1.29, 1.82) is 0 Å². The lowest BCUT2D eigenvalue weighted by Crippen LogP contribution is -2.55. The average Bonchev–Trinajstić information content (AvgIpc) is 2.56. The Morgan fingerprint density at radius 1 is 1.04 bits per heavy atom. The Labute approximate surface area is 143 Å². The highest BCUT2D eigenvalue weighted by molar-refractivity contribution is 5.83. The molecular weight excluding hydrogens is 306 g/mol. The third-order valence-corrected chi connectivity index (χ3v) is 4.27. The lowest BCUT2D eigenvalue weighted by Gasteiger charge is -2.36. The molecule has 1 saturated heterocycles. The topological polar surface area (TPSA) is 75.9 Å². The largest absolute Gasteiger partial charge is 0.481 e. The quantitative estimate of drug-likeness (QED) is 0.895. The fraction of sp³-hybridized carbons (Fsp3) is 0.556. The molecule has 24 heavy (non-hydrogen) atoms. The van der Waals surface area contributed by atoms with Gasteiger partial charge in [0.1, 0.15) is 5.75 Å². The SMILES string of the molecule is Cc1ccc(OC(C)C(=O)N2CCN(C(=O)[C@@H](C)N)CC2)c(C)c1. The van der Waals surface area contributed by atoms with Gasteiger partial charge in [-0.25, -0.2) is 0 Å². The van der Waals surface area contributed by atoms with Gasteiger partial charge in [0, 0.05) is 26.2 Å². The molecule has 132 valence electrons. The number of benzene rings is 1. The van der Waals surface area contributed by atoms with Gasteiger partial charge in [0.25, 0.3) is 5.91 Å². The molecule has 0 saturated carbocycles. The summed E-state index contributed by atoms with van der Waals surface area (Å²) in [6, 6.07) is 5.40. The molecule has 6 heteroatoms. The first-order chi connectivity index (χ1) is 11.3. The molecule has 6 nitrogen and oxygen atoms in total. The Balaban J connectivity index is 1.91. The van der Waals surface area contributed by atoms with Crippen molar-refractivity contribution in [3.63, 3.8) is 0 Å². The molecule has 0 spiro atoms. The minimum atomic E-state index is -0.554. The summed E-state index contributed by atoms with van der Waals surface area (Å²) >= 11 is 0. The van der Waals surface area contributed by atoms with E-state index in [9.17, 15) is 9.59 Å². The number of hydrogen-bond donors (Lipinski definition) is 1. The van der Waals surface area contributed by atoms with Gasteiger partial charge in [-0.15, -0.1) is 0 Å². The van der Waals surface area contributed by atoms with Crippen LogP contribution in [0.3, 0.4) is 0 Å². The Bertz CT molecular complexity index is 608. The predicted molar refractivity (Wildman–Crippen MR) is 92.8 cm³/mol. The van der Waals surface area contributed by atoms with Crippen molar-refractivity contribution in [2.45, 2.75) is 39.8 Å². The third-order valence-electron chi connectivity index (χ3n) is 4.27. The Hall–Kier alpha value is -2.08. The monoisotopic (exact) mass is 333 g/mol. The van der Waals surface area contributed by atoms with Crippen LogP contribution >= 0.6 is 0 Å². The molecule has 1 aromatic carbocycles. The predicted octanol–water partition coefficient (Wildman–Crippen LogP) is 1.09. The standard InChI is InChI=1S/C18H27N3O3/c1-12-5-6-16(13(2)11-12)24-15(4)18(23)21-9-7-20(8-10-21)17(22)14(3)19/h5-6,11,14-15H,7-10,19H2,1-4H3/t14-,15?/m1/s1. The zero-order chi connectivity index (χ0) is 17.9. The van der Waals surface area contributed by atoms with Crippen molar-refractivity contribution < 1.29 is 14.3 Å². The molecule has 0 radical (unpaired) electrons. The van der Waals surface area contributed by atoms with Gasteiger partial charge < -0.3 is 20.3 Å². The minimum Gasteiger partial charge on any atom is -0.481 e. The van der Waals surface area contributed by atoms with Crippen LogP contribution in [0.1, 0.15) is 25.0 Å². The maximum absolute atomic E-state index is 12.6. The number of ether oxygens (including phenoxy) is 1. The molecule has 0 bridgehead atoms. The van der Waals surface area contributed by atoms with Gasteiger partial charge in [-0.1, -0.05) is 17.7 Å². The molecule has 1 aliphatic rings. The summed E-state index contributed by atoms with van der Waals surface area (Å²) in [5, 5.41) is 0. The molecule has 2 amide bonds. The number of nitrogens with two attached hydrogens (primary N) is 1. The van der Waals surface area contributed by atoms with E-state index in [0.29, 0.717) is 26.2 Å². The van der Waals surface area contributed by atoms with Crippen LogP contribution in [-0.4, -0.2) is 59.9 Å². The average molecular weight is 333 g/mol. The van der Waals surface area contributed by atoms with Gasteiger partial charge in [0.2, 0.25) is 5.91 Å². The zero-order valence-electron chi connectivity index (χ0n) is 14.9. The lowest BCUT2D eigenvalue weighted by molar-refractivity contribution is -0.144. The Morgan fingerprint density at radius 3 is 2.08 bits per heavy atom. The van der Waals surface area contributed by atoms with Crippen molar-refractivity contribution in [3.8, 4) is 5.75 Å². The van der Waals surface area contributed by atoms with E-state index in [2.05, 4.69) is 0 Å². The van der Waals surface area contributed by atoms with E-state index in [4.69, 9.17) is 10.5 Å². The first-order valence-corrected chi connectivity index (χ1v) is 8.36. The first kappa shape index (κ1) is 18.3. The number of carbonyl (C=O) groups excluding carboxylic acids is 2. The summed E-state index contributed by atoms with van der Waals surface area (Å²) in [4.78, 5) is 27.9. The van der Waals surface area contributed by atoms with E-state index >= 15 is 0 Å². The minimum absolute atomic E-state index is 0.0529. The molecule has 1 aliphatic heterocycles. The van der Waals surface area contributed by atoms with Gasteiger partial charge in [0.15, 0.2) is 6.10 Å². The maximum Gasteiger partial charge on any atom is 0.263 e. The second-order valence-electron chi connectivity index (χ2n) is 6.47. The van der Waals surface area contributed by atoms with Gasteiger partial charge in [-0.2, -0.15) is 0 Å². The maximum atomic E-state index is 12.6. The Morgan fingerprint density at radius 2 is 1.58 bits per heavy atom. The highest BCUT2D eigenvalue weighted by atomic mass is 16.5. The number of piperazine rings is 1. The summed E-state index contributed by atoms with van der Waals surface area (Å²) < 4.78 is 5.84. The van der Waals surface area contributed by atoms with Crippen LogP contribution in [0.25, 0.3) is 0 Å². The van der Waals surface area contributed by atoms with Gasteiger partial charge in [0.05, 0.1) is 6.04 Å². The molecule has 2 atom stereocenters.